The summed E-state index contributed by atoms with van der Waals surface area (Å²) in [6, 6.07) is 3.99. The number of hydrogen-bond acceptors (Lipinski definition) is 4. The lowest BCUT2D eigenvalue weighted by Crippen LogP contribution is -2.46. The molecule has 22 heavy (non-hydrogen) atoms. The molecule has 1 aliphatic heterocycles. The predicted molar refractivity (Wildman–Crippen MR) is 87.6 cm³/mol. The van der Waals surface area contributed by atoms with Gasteiger partial charge in [0.2, 0.25) is 0 Å². The number of likely N-dealkylation sites (tertiary alicyclic amines) is 1. The van der Waals surface area contributed by atoms with Gasteiger partial charge in [0.1, 0.15) is 5.69 Å². The normalized spacial score (nSPS) is 25.7. The Balaban J connectivity index is 1.85. The molecule has 1 aliphatic carbocycles. The van der Waals surface area contributed by atoms with Crippen molar-refractivity contribution in [1.29, 1.82) is 0 Å². The molecule has 2 unspecified atom stereocenters. The van der Waals surface area contributed by atoms with Crippen molar-refractivity contribution in [3.63, 3.8) is 0 Å². The minimum absolute atomic E-state index is 0.0396. The van der Waals surface area contributed by atoms with E-state index in [1.807, 2.05) is 13.0 Å². The standard InChI is InChI=1S/C17H25N3O2/c1-12-8-9-16(20(21)22)17(18)14(12)11-19-10-4-6-13-5-2-3-7-15(13)19/h8-9,13,15H,2-7,10-11,18H2,1H3. The number of piperidine rings is 1. The Labute approximate surface area is 131 Å². The van der Waals surface area contributed by atoms with Gasteiger partial charge in [-0.15, -0.1) is 0 Å². The molecule has 1 aromatic carbocycles. The van der Waals surface area contributed by atoms with Crippen molar-refractivity contribution in [2.75, 3.05) is 12.3 Å². The first-order valence-corrected chi connectivity index (χ1v) is 8.34. The zero-order valence-electron chi connectivity index (χ0n) is 13.3. The van der Waals surface area contributed by atoms with Crippen LogP contribution in [0.15, 0.2) is 12.1 Å². The summed E-state index contributed by atoms with van der Waals surface area (Å²) >= 11 is 0. The second-order valence-electron chi connectivity index (χ2n) is 6.78. The lowest BCUT2D eigenvalue weighted by Gasteiger charge is -2.44. The number of aryl methyl sites for hydroxylation is 1. The van der Waals surface area contributed by atoms with E-state index in [9.17, 15) is 10.1 Å². The molecule has 3 rings (SSSR count). The molecule has 1 heterocycles. The summed E-state index contributed by atoms with van der Waals surface area (Å²) in [7, 11) is 0. The number of rotatable bonds is 3. The van der Waals surface area contributed by atoms with Crippen LogP contribution in [0.1, 0.15) is 49.7 Å². The van der Waals surface area contributed by atoms with Crippen LogP contribution < -0.4 is 5.73 Å². The molecule has 1 saturated carbocycles. The summed E-state index contributed by atoms with van der Waals surface area (Å²) in [4.78, 5) is 13.3. The van der Waals surface area contributed by atoms with E-state index < -0.39 is 0 Å². The van der Waals surface area contributed by atoms with Gasteiger partial charge in [0.25, 0.3) is 5.69 Å². The van der Waals surface area contributed by atoms with Crippen LogP contribution in [-0.2, 0) is 6.54 Å². The highest BCUT2D eigenvalue weighted by molar-refractivity contribution is 5.65. The van der Waals surface area contributed by atoms with Gasteiger partial charge in [0, 0.05) is 18.7 Å². The maximum Gasteiger partial charge on any atom is 0.292 e. The second kappa shape index (κ2) is 6.24. The van der Waals surface area contributed by atoms with Crippen molar-refractivity contribution < 1.29 is 4.92 Å². The SMILES string of the molecule is Cc1ccc([N+](=O)[O-])c(N)c1CN1CCCC2CCCCC21. The number of benzene rings is 1. The number of hydrogen-bond donors (Lipinski definition) is 1. The van der Waals surface area contributed by atoms with E-state index in [2.05, 4.69) is 4.90 Å². The van der Waals surface area contributed by atoms with E-state index >= 15 is 0 Å². The van der Waals surface area contributed by atoms with E-state index in [0.717, 1.165) is 30.1 Å². The maximum atomic E-state index is 11.1. The molecule has 2 N–H and O–H groups in total. The van der Waals surface area contributed by atoms with Crippen LogP contribution in [0.3, 0.4) is 0 Å². The number of nitrogens with two attached hydrogens (primary N) is 1. The topological polar surface area (TPSA) is 72.4 Å². The Bertz CT molecular complexity index is 571. The first-order chi connectivity index (χ1) is 10.6. The molecule has 0 spiro atoms. The summed E-state index contributed by atoms with van der Waals surface area (Å²) in [5, 5.41) is 11.1. The average Bonchev–Trinajstić information content (AvgIpc) is 2.51. The smallest absolute Gasteiger partial charge is 0.292 e. The van der Waals surface area contributed by atoms with Crippen molar-refractivity contribution in [3.05, 3.63) is 33.4 Å². The summed E-state index contributed by atoms with van der Waals surface area (Å²) in [6.07, 6.45) is 7.83. The third kappa shape index (κ3) is 2.82. The molecule has 5 nitrogen and oxygen atoms in total. The van der Waals surface area contributed by atoms with Crippen molar-refractivity contribution in [3.8, 4) is 0 Å². The van der Waals surface area contributed by atoms with Crippen LogP contribution in [0.25, 0.3) is 0 Å². The Kier molecular flexibility index (Phi) is 4.34. The Hall–Kier alpha value is -1.62. The molecule has 2 atom stereocenters. The third-order valence-corrected chi connectivity index (χ3v) is 5.48. The van der Waals surface area contributed by atoms with E-state index in [1.165, 1.54) is 44.6 Å². The Morgan fingerprint density at radius 2 is 2.00 bits per heavy atom. The minimum Gasteiger partial charge on any atom is -0.393 e. The molecule has 2 fully saturated rings. The number of fused-ring (bicyclic) bond motifs is 1. The van der Waals surface area contributed by atoms with Crippen molar-refractivity contribution >= 4 is 11.4 Å². The Morgan fingerprint density at radius 1 is 1.27 bits per heavy atom. The van der Waals surface area contributed by atoms with Crippen LogP contribution in [0, 0.1) is 23.0 Å². The fourth-order valence-electron chi connectivity index (χ4n) is 4.26. The molecular formula is C17H25N3O2. The number of nitrogens with zero attached hydrogens (tertiary/aromatic N) is 2. The van der Waals surface area contributed by atoms with Gasteiger partial charge in [-0.05, 0) is 56.2 Å². The minimum atomic E-state index is -0.377. The first-order valence-electron chi connectivity index (χ1n) is 8.34. The average molecular weight is 303 g/mol. The number of nitrogen functional groups attached to an aromatic ring is 1. The zero-order valence-corrected chi connectivity index (χ0v) is 13.3. The van der Waals surface area contributed by atoms with Crippen molar-refractivity contribution in [1.82, 2.24) is 4.90 Å². The van der Waals surface area contributed by atoms with E-state index in [0.29, 0.717) is 11.7 Å². The van der Waals surface area contributed by atoms with Gasteiger partial charge in [0.15, 0.2) is 0 Å². The highest BCUT2D eigenvalue weighted by Crippen LogP contribution is 2.37. The lowest BCUT2D eigenvalue weighted by molar-refractivity contribution is -0.384. The number of nitro groups is 1. The highest BCUT2D eigenvalue weighted by atomic mass is 16.6. The van der Waals surface area contributed by atoms with Gasteiger partial charge in [-0.3, -0.25) is 15.0 Å². The number of anilines is 1. The lowest BCUT2D eigenvalue weighted by atomic mass is 9.78. The monoisotopic (exact) mass is 303 g/mol. The molecule has 1 saturated heterocycles. The molecule has 5 heteroatoms. The van der Waals surface area contributed by atoms with Crippen LogP contribution in [0.5, 0.6) is 0 Å². The summed E-state index contributed by atoms with van der Waals surface area (Å²) in [6.45, 7) is 3.83. The van der Waals surface area contributed by atoms with E-state index in [1.54, 1.807) is 0 Å². The van der Waals surface area contributed by atoms with Crippen LogP contribution in [0.2, 0.25) is 0 Å². The molecular weight excluding hydrogens is 278 g/mol. The van der Waals surface area contributed by atoms with Crippen molar-refractivity contribution in [2.45, 2.75) is 58.0 Å². The Morgan fingerprint density at radius 3 is 2.77 bits per heavy atom. The predicted octanol–water partition coefficient (Wildman–Crippen LogP) is 3.64. The van der Waals surface area contributed by atoms with Crippen LogP contribution in [0.4, 0.5) is 11.4 Å². The van der Waals surface area contributed by atoms with Gasteiger partial charge in [-0.2, -0.15) is 0 Å². The fraction of sp³-hybridized carbons (Fsp3) is 0.647. The van der Waals surface area contributed by atoms with Gasteiger partial charge in [-0.1, -0.05) is 18.9 Å². The van der Waals surface area contributed by atoms with Gasteiger partial charge >= 0.3 is 0 Å². The van der Waals surface area contributed by atoms with Crippen molar-refractivity contribution in [2.24, 2.45) is 5.92 Å². The summed E-state index contributed by atoms with van der Waals surface area (Å²) < 4.78 is 0. The zero-order chi connectivity index (χ0) is 15.7. The molecule has 2 aliphatic rings. The number of nitro benzene ring substituents is 1. The van der Waals surface area contributed by atoms with E-state index in [-0.39, 0.29) is 10.6 Å². The van der Waals surface area contributed by atoms with Gasteiger partial charge in [-0.25, -0.2) is 0 Å². The third-order valence-electron chi connectivity index (χ3n) is 5.48. The fourth-order valence-corrected chi connectivity index (χ4v) is 4.26. The summed E-state index contributed by atoms with van der Waals surface area (Å²) in [5.74, 6) is 0.808. The molecule has 0 bridgehead atoms. The van der Waals surface area contributed by atoms with Gasteiger partial charge < -0.3 is 5.73 Å². The summed E-state index contributed by atoms with van der Waals surface area (Å²) in [5.41, 5.74) is 8.49. The molecule has 0 radical (unpaired) electrons. The highest BCUT2D eigenvalue weighted by Gasteiger charge is 2.33. The van der Waals surface area contributed by atoms with Crippen LogP contribution in [-0.4, -0.2) is 22.4 Å². The van der Waals surface area contributed by atoms with Crippen LogP contribution >= 0.6 is 0 Å². The molecule has 0 aromatic heterocycles. The largest absolute Gasteiger partial charge is 0.393 e. The van der Waals surface area contributed by atoms with Gasteiger partial charge in [0.05, 0.1) is 4.92 Å². The molecule has 1 aromatic rings. The molecule has 0 amide bonds. The quantitative estimate of drug-likeness (QED) is 0.525. The maximum absolute atomic E-state index is 11.1. The first kappa shape index (κ1) is 15.3. The van der Waals surface area contributed by atoms with E-state index in [4.69, 9.17) is 5.73 Å². The molecule has 120 valence electrons. The second-order valence-corrected chi connectivity index (χ2v) is 6.78.